The minimum atomic E-state index is -4.53. The zero-order valence-corrected chi connectivity index (χ0v) is 15.2. The van der Waals surface area contributed by atoms with Gasteiger partial charge in [-0.1, -0.05) is 6.92 Å². The third kappa shape index (κ3) is 5.15. The molecule has 0 aromatic carbocycles. The van der Waals surface area contributed by atoms with E-state index in [1.165, 1.54) is 12.4 Å². The Morgan fingerprint density at radius 3 is 2.63 bits per heavy atom. The number of hydrogen-bond acceptors (Lipinski definition) is 5. The highest BCUT2D eigenvalue weighted by Crippen LogP contribution is 2.32. The summed E-state index contributed by atoms with van der Waals surface area (Å²) in [7, 11) is 0. The predicted octanol–water partition coefficient (Wildman–Crippen LogP) is 4.34. The Hall–Kier alpha value is -2.22. The van der Waals surface area contributed by atoms with E-state index >= 15 is 0 Å². The first-order chi connectivity index (χ1) is 13.0. The van der Waals surface area contributed by atoms with E-state index in [4.69, 9.17) is 4.74 Å². The van der Waals surface area contributed by atoms with Crippen LogP contribution in [0.3, 0.4) is 0 Å². The smallest absolute Gasteiger partial charge is 0.378 e. The third-order valence-electron chi connectivity index (χ3n) is 4.50. The molecule has 0 radical (unpaired) electrons. The fourth-order valence-electron chi connectivity index (χ4n) is 3.12. The van der Waals surface area contributed by atoms with Gasteiger partial charge < -0.3 is 9.64 Å². The van der Waals surface area contributed by atoms with Gasteiger partial charge in [-0.2, -0.15) is 13.2 Å². The lowest BCUT2D eigenvalue weighted by molar-refractivity contribution is -0.141. The molecule has 1 saturated heterocycles. The molecule has 1 atom stereocenters. The number of halogens is 3. The summed E-state index contributed by atoms with van der Waals surface area (Å²) in [5.74, 6) is 0.366. The number of alkyl halides is 3. The van der Waals surface area contributed by atoms with Crippen molar-refractivity contribution in [1.82, 2.24) is 15.0 Å². The highest BCUT2D eigenvalue weighted by atomic mass is 19.4. The van der Waals surface area contributed by atoms with E-state index in [-0.39, 0.29) is 11.9 Å². The van der Waals surface area contributed by atoms with Gasteiger partial charge in [-0.05, 0) is 37.8 Å². The van der Waals surface area contributed by atoms with Crippen LogP contribution in [-0.4, -0.2) is 40.8 Å². The van der Waals surface area contributed by atoms with Gasteiger partial charge in [0, 0.05) is 43.7 Å². The van der Waals surface area contributed by atoms with Crippen molar-refractivity contribution in [3.8, 4) is 11.4 Å². The fourth-order valence-corrected chi connectivity index (χ4v) is 3.12. The number of ether oxygens (including phenoxy) is 1. The molecule has 1 aliphatic heterocycles. The van der Waals surface area contributed by atoms with Crippen molar-refractivity contribution in [2.75, 3.05) is 24.6 Å². The predicted molar refractivity (Wildman–Crippen MR) is 96.4 cm³/mol. The summed E-state index contributed by atoms with van der Waals surface area (Å²) in [6.45, 7) is 4.03. The number of aromatic nitrogens is 3. The summed E-state index contributed by atoms with van der Waals surface area (Å²) in [5, 5.41) is 0. The molecule has 3 rings (SSSR count). The van der Waals surface area contributed by atoms with Crippen LogP contribution < -0.4 is 4.90 Å². The van der Waals surface area contributed by atoms with Gasteiger partial charge in [-0.25, -0.2) is 9.97 Å². The van der Waals surface area contributed by atoms with Crippen molar-refractivity contribution < 1.29 is 17.9 Å². The van der Waals surface area contributed by atoms with Crippen molar-refractivity contribution in [2.24, 2.45) is 0 Å². The third-order valence-corrected chi connectivity index (χ3v) is 4.50. The molecule has 27 heavy (non-hydrogen) atoms. The largest absolute Gasteiger partial charge is 0.433 e. The molecule has 1 unspecified atom stereocenters. The molecule has 146 valence electrons. The maximum Gasteiger partial charge on any atom is 0.433 e. The summed E-state index contributed by atoms with van der Waals surface area (Å²) >= 11 is 0. The molecule has 2 aromatic rings. The van der Waals surface area contributed by atoms with Crippen LogP contribution in [0.15, 0.2) is 30.6 Å². The molecule has 1 aliphatic rings. The molecule has 8 heteroatoms. The van der Waals surface area contributed by atoms with Gasteiger partial charge in [0.15, 0.2) is 11.5 Å². The zero-order chi connectivity index (χ0) is 19.3. The second-order valence-corrected chi connectivity index (χ2v) is 6.58. The highest BCUT2D eigenvalue weighted by molar-refractivity contribution is 5.57. The first-order valence-corrected chi connectivity index (χ1v) is 9.20. The van der Waals surface area contributed by atoms with Crippen molar-refractivity contribution in [3.63, 3.8) is 0 Å². The van der Waals surface area contributed by atoms with E-state index in [2.05, 4.69) is 21.9 Å². The average Bonchev–Trinajstić information content (AvgIpc) is 2.92. The minimum Gasteiger partial charge on any atom is -0.378 e. The number of rotatable bonds is 5. The fraction of sp³-hybridized carbons (Fsp3) is 0.526. The van der Waals surface area contributed by atoms with Crippen LogP contribution in [0.4, 0.5) is 19.0 Å². The van der Waals surface area contributed by atoms with Crippen molar-refractivity contribution in [1.29, 1.82) is 0 Å². The van der Waals surface area contributed by atoms with Gasteiger partial charge in [0.25, 0.3) is 0 Å². The van der Waals surface area contributed by atoms with Crippen molar-refractivity contribution in [3.05, 3.63) is 36.3 Å². The molecule has 2 aromatic heterocycles. The minimum absolute atomic E-state index is 0.0604. The Kier molecular flexibility index (Phi) is 6.26. The first-order valence-electron chi connectivity index (χ1n) is 9.20. The molecular formula is C19H23F3N4O. The average molecular weight is 380 g/mol. The maximum atomic E-state index is 13.4. The van der Waals surface area contributed by atoms with Gasteiger partial charge in [0.05, 0.1) is 6.10 Å². The summed E-state index contributed by atoms with van der Waals surface area (Å²) in [5.41, 5.74) is -0.418. The SMILES string of the molecule is CCCOC1CCCN(c2cc(C(F)(F)F)nc(-c3ccncc3)n2)CC1. The summed E-state index contributed by atoms with van der Waals surface area (Å²) in [6.07, 6.45) is 2.14. The Labute approximate surface area is 156 Å². The second-order valence-electron chi connectivity index (χ2n) is 6.58. The van der Waals surface area contributed by atoms with Crippen LogP contribution >= 0.6 is 0 Å². The van der Waals surface area contributed by atoms with Crippen LogP contribution in [0.1, 0.15) is 38.3 Å². The lowest BCUT2D eigenvalue weighted by atomic mass is 10.2. The van der Waals surface area contributed by atoms with Crippen LogP contribution in [0.5, 0.6) is 0 Å². The standard InChI is InChI=1S/C19H23F3N4O/c1-2-12-27-15-4-3-10-26(11-7-15)17-13-16(19(20,21)22)24-18(25-17)14-5-8-23-9-6-14/h5-6,8-9,13,15H,2-4,7,10-12H2,1H3. The van der Waals surface area contributed by atoms with Crippen LogP contribution in [0.2, 0.25) is 0 Å². The van der Waals surface area contributed by atoms with Gasteiger partial charge in [0.2, 0.25) is 0 Å². The van der Waals surface area contributed by atoms with Crippen molar-refractivity contribution in [2.45, 2.75) is 44.9 Å². The Morgan fingerprint density at radius 2 is 1.93 bits per heavy atom. The second kappa shape index (κ2) is 8.65. The molecule has 0 aliphatic carbocycles. The van der Waals surface area contributed by atoms with E-state index in [1.54, 1.807) is 12.1 Å². The van der Waals surface area contributed by atoms with Crippen LogP contribution in [0, 0.1) is 0 Å². The molecule has 0 bridgehead atoms. The number of anilines is 1. The number of nitrogens with zero attached hydrogens (tertiary/aromatic N) is 4. The normalized spacial score (nSPS) is 18.4. The molecule has 0 spiro atoms. The quantitative estimate of drug-likeness (QED) is 0.772. The van der Waals surface area contributed by atoms with E-state index < -0.39 is 11.9 Å². The van der Waals surface area contributed by atoms with Gasteiger partial charge in [0.1, 0.15) is 5.82 Å². The maximum absolute atomic E-state index is 13.4. The molecule has 5 nitrogen and oxygen atoms in total. The molecule has 0 saturated carbocycles. The van der Waals surface area contributed by atoms with E-state index in [0.717, 1.165) is 31.7 Å². The number of hydrogen-bond donors (Lipinski definition) is 0. The van der Waals surface area contributed by atoms with Crippen molar-refractivity contribution >= 4 is 5.82 Å². The van der Waals surface area contributed by atoms with Gasteiger partial charge in [-0.15, -0.1) is 0 Å². The van der Waals surface area contributed by atoms with Crippen LogP contribution in [-0.2, 0) is 10.9 Å². The van der Waals surface area contributed by atoms with E-state index in [0.29, 0.717) is 31.1 Å². The Balaban J connectivity index is 1.88. The molecule has 3 heterocycles. The lowest BCUT2D eigenvalue weighted by Gasteiger charge is -2.23. The van der Waals surface area contributed by atoms with E-state index in [9.17, 15) is 13.2 Å². The summed E-state index contributed by atoms with van der Waals surface area (Å²) < 4.78 is 45.9. The molecular weight excluding hydrogens is 357 g/mol. The number of pyridine rings is 1. The molecule has 0 amide bonds. The lowest BCUT2D eigenvalue weighted by Crippen LogP contribution is -2.27. The zero-order valence-electron chi connectivity index (χ0n) is 15.2. The van der Waals surface area contributed by atoms with Crippen LogP contribution in [0.25, 0.3) is 11.4 Å². The highest BCUT2D eigenvalue weighted by Gasteiger charge is 2.34. The Morgan fingerprint density at radius 1 is 1.15 bits per heavy atom. The molecule has 0 N–H and O–H groups in total. The summed E-state index contributed by atoms with van der Waals surface area (Å²) in [4.78, 5) is 13.9. The monoisotopic (exact) mass is 380 g/mol. The van der Waals surface area contributed by atoms with Gasteiger partial charge in [-0.3, -0.25) is 4.98 Å². The van der Waals surface area contributed by atoms with Gasteiger partial charge >= 0.3 is 6.18 Å². The Bertz CT molecular complexity index is 739. The topological polar surface area (TPSA) is 51.1 Å². The molecule has 1 fully saturated rings. The first kappa shape index (κ1) is 19.5. The van der Waals surface area contributed by atoms with E-state index in [1.807, 2.05) is 4.90 Å². The summed E-state index contributed by atoms with van der Waals surface area (Å²) in [6, 6.07) is 4.25.